The van der Waals surface area contributed by atoms with Gasteiger partial charge in [-0.2, -0.15) is 0 Å². The van der Waals surface area contributed by atoms with E-state index >= 15 is 0 Å². The van der Waals surface area contributed by atoms with Gasteiger partial charge in [-0.05, 0) is 6.16 Å². The summed E-state index contributed by atoms with van der Waals surface area (Å²) in [5.74, 6) is 0. The van der Waals surface area contributed by atoms with Crippen molar-refractivity contribution in [3.05, 3.63) is 40.4 Å². The number of nitro groups is 1. The van der Waals surface area contributed by atoms with Crippen molar-refractivity contribution in [2.75, 3.05) is 0 Å². The minimum Gasteiger partial charge on any atom is -0.652 e. The molecule has 0 aliphatic heterocycles. The number of carboxylic acid groups (broad SMARTS) is 2. The SMILES string of the molecule is O=C([O-])[O-].O=[N+]([O-])c1ccccc1.[K+].[K+]. The molecule has 0 radical (unpaired) electrons. The zero-order valence-electron chi connectivity index (χ0n) is 8.38. The van der Waals surface area contributed by atoms with E-state index in [4.69, 9.17) is 15.0 Å². The van der Waals surface area contributed by atoms with E-state index < -0.39 is 11.1 Å². The van der Waals surface area contributed by atoms with Gasteiger partial charge in [-0.1, -0.05) is 18.2 Å². The van der Waals surface area contributed by atoms with Crippen LogP contribution in [0, 0.1) is 10.1 Å². The summed E-state index contributed by atoms with van der Waals surface area (Å²) in [6.45, 7) is 0. The second-order valence-corrected chi connectivity index (χ2v) is 1.84. The normalized spacial score (nSPS) is 6.93. The number of rotatable bonds is 1. The van der Waals surface area contributed by atoms with Gasteiger partial charge in [0.1, 0.15) is 0 Å². The number of hydrogen-bond donors (Lipinski definition) is 0. The molecule has 1 rings (SSSR count). The van der Waals surface area contributed by atoms with Crippen LogP contribution >= 0.6 is 0 Å². The molecule has 0 aliphatic carbocycles. The summed E-state index contributed by atoms with van der Waals surface area (Å²) in [5.41, 5.74) is 0.137. The van der Waals surface area contributed by atoms with Crippen molar-refractivity contribution in [1.29, 1.82) is 0 Å². The van der Waals surface area contributed by atoms with Crippen molar-refractivity contribution in [1.82, 2.24) is 0 Å². The van der Waals surface area contributed by atoms with E-state index in [0.29, 0.717) is 0 Å². The van der Waals surface area contributed by atoms with Crippen LogP contribution in [0.3, 0.4) is 0 Å². The van der Waals surface area contributed by atoms with Crippen molar-refractivity contribution >= 4 is 11.8 Å². The molecule has 0 saturated carbocycles. The summed E-state index contributed by atoms with van der Waals surface area (Å²) >= 11 is 0. The monoisotopic (exact) mass is 261 g/mol. The summed E-state index contributed by atoms with van der Waals surface area (Å²) in [6, 6.07) is 7.93. The van der Waals surface area contributed by atoms with E-state index in [1.807, 2.05) is 0 Å². The van der Waals surface area contributed by atoms with E-state index in [1.54, 1.807) is 18.2 Å². The molecular weight excluding hydrogens is 256 g/mol. The number of nitrogens with zero attached hydrogens (tertiary/aromatic N) is 1. The molecule has 8 heteroatoms. The number of carbonyl (C=O) groups excluding carboxylic acids is 1. The number of non-ortho nitro benzene ring substituents is 1. The Morgan fingerprint density at radius 1 is 1.07 bits per heavy atom. The van der Waals surface area contributed by atoms with Gasteiger partial charge in [0.25, 0.3) is 5.69 Å². The van der Waals surface area contributed by atoms with Gasteiger partial charge in [0, 0.05) is 12.1 Å². The molecule has 0 bridgehead atoms. The summed E-state index contributed by atoms with van der Waals surface area (Å²) in [5, 5.41) is 26.7. The molecule has 0 saturated heterocycles. The number of nitro benzene ring substituents is 1. The molecule has 0 heterocycles. The molecule has 1 aromatic rings. The van der Waals surface area contributed by atoms with Crippen LogP contribution < -0.4 is 113 Å². The van der Waals surface area contributed by atoms with E-state index in [-0.39, 0.29) is 108 Å². The second kappa shape index (κ2) is 13.2. The molecule has 0 atom stereocenters. The van der Waals surface area contributed by atoms with Gasteiger partial charge in [0.2, 0.25) is 0 Å². The van der Waals surface area contributed by atoms with Gasteiger partial charge in [-0.15, -0.1) is 0 Å². The van der Waals surface area contributed by atoms with E-state index in [9.17, 15) is 10.1 Å². The molecular formula is C7H5K2NO5. The van der Waals surface area contributed by atoms with Gasteiger partial charge >= 0.3 is 103 Å². The third-order valence-electron chi connectivity index (χ3n) is 0.967. The van der Waals surface area contributed by atoms with Gasteiger partial charge < -0.3 is 15.0 Å². The minimum atomic E-state index is -2.33. The van der Waals surface area contributed by atoms with Crippen LogP contribution in [-0.4, -0.2) is 11.1 Å². The number of benzene rings is 1. The predicted octanol–water partition coefficient (Wildman–Crippen LogP) is -6.84. The summed E-state index contributed by atoms with van der Waals surface area (Å²) in [7, 11) is 0. The van der Waals surface area contributed by atoms with Crippen LogP contribution in [0.1, 0.15) is 0 Å². The van der Waals surface area contributed by atoms with Crippen LogP contribution in [0.4, 0.5) is 10.5 Å². The number of carbonyl (C=O) groups is 1. The molecule has 0 unspecified atom stereocenters. The van der Waals surface area contributed by atoms with Crippen LogP contribution in [-0.2, 0) is 0 Å². The van der Waals surface area contributed by atoms with E-state index in [0.717, 1.165) is 0 Å². The first-order chi connectivity index (χ1) is 6.04. The fourth-order valence-electron chi connectivity index (χ4n) is 0.550. The van der Waals surface area contributed by atoms with Crippen molar-refractivity contribution < 1.29 is 123 Å². The van der Waals surface area contributed by atoms with E-state index in [2.05, 4.69) is 0 Å². The molecule has 0 spiro atoms. The zero-order valence-corrected chi connectivity index (χ0v) is 14.6. The second-order valence-electron chi connectivity index (χ2n) is 1.84. The maximum absolute atomic E-state index is 10.0. The quantitative estimate of drug-likeness (QED) is 0.284. The van der Waals surface area contributed by atoms with Crippen LogP contribution in [0.15, 0.2) is 30.3 Å². The first-order valence-electron chi connectivity index (χ1n) is 3.11. The van der Waals surface area contributed by atoms with E-state index in [1.165, 1.54) is 12.1 Å². The van der Waals surface area contributed by atoms with Crippen LogP contribution in [0.5, 0.6) is 0 Å². The molecule has 0 amide bonds. The molecule has 0 N–H and O–H groups in total. The molecule has 6 nitrogen and oxygen atoms in total. The molecule has 0 aliphatic rings. The van der Waals surface area contributed by atoms with Crippen molar-refractivity contribution in [2.45, 2.75) is 0 Å². The Morgan fingerprint density at radius 3 is 1.60 bits per heavy atom. The number of hydrogen-bond acceptors (Lipinski definition) is 5. The fourth-order valence-corrected chi connectivity index (χ4v) is 0.550. The number of para-hydroxylation sites is 1. The molecule has 0 aromatic heterocycles. The molecule has 0 fully saturated rings. The summed E-state index contributed by atoms with van der Waals surface area (Å²) in [6.07, 6.45) is -2.33. The topological polar surface area (TPSA) is 106 Å². The smallest absolute Gasteiger partial charge is 0.652 e. The molecule has 70 valence electrons. The van der Waals surface area contributed by atoms with Crippen LogP contribution in [0.2, 0.25) is 0 Å². The van der Waals surface area contributed by atoms with Crippen LogP contribution in [0.25, 0.3) is 0 Å². The molecule has 15 heavy (non-hydrogen) atoms. The summed E-state index contributed by atoms with van der Waals surface area (Å²) < 4.78 is 0. The first kappa shape index (κ1) is 21.4. The average molecular weight is 261 g/mol. The predicted molar refractivity (Wildman–Crippen MR) is 38.5 cm³/mol. The third kappa shape index (κ3) is 15.2. The Balaban J connectivity index is -0.000000213. The Bertz CT molecular complexity index is 289. The van der Waals surface area contributed by atoms with Gasteiger partial charge in [0.15, 0.2) is 0 Å². The standard InChI is InChI=1S/C6H5NO2.CH2O3.2K/c8-7(9)6-4-2-1-3-5-6;2-1(3)4;;/h1-5H;(H2,2,3,4);;/q;;2*+1/p-2. The van der Waals surface area contributed by atoms with Crippen molar-refractivity contribution in [2.24, 2.45) is 0 Å². The Kier molecular flexibility index (Phi) is 18.9. The zero-order chi connectivity index (χ0) is 10.3. The average Bonchev–Trinajstić information content (AvgIpc) is 2.05. The third-order valence-corrected chi connectivity index (χ3v) is 0.967. The van der Waals surface area contributed by atoms with Crippen molar-refractivity contribution in [3.8, 4) is 0 Å². The summed E-state index contributed by atoms with van der Waals surface area (Å²) in [4.78, 5) is 17.9. The minimum absolute atomic E-state index is 0. The largest absolute Gasteiger partial charge is 1.00 e. The van der Waals surface area contributed by atoms with Gasteiger partial charge in [-0.3, -0.25) is 10.1 Å². The van der Waals surface area contributed by atoms with Gasteiger partial charge in [0.05, 0.1) is 4.92 Å². The maximum atomic E-state index is 10.0. The van der Waals surface area contributed by atoms with Crippen molar-refractivity contribution in [3.63, 3.8) is 0 Å². The fraction of sp³-hybridized carbons (Fsp3) is 0. The maximum Gasteiger partial charge on any atom is 1.00 e. The Morgan fingerprint density at radius 2 is 1.40 bits per heavy atom. The molecule has 1 aromatic carbocycles. The Hall–Kier alpha value is 1.16. The van der Waals surface area contributed by atoms with Gasteiger partial charge in [-0.25, -0.2) is 0 Å². The first-order valence-corrected chi connectivity index (χ1v) is 3.11. The Labute approximate surface area is 171 Å².